The Bertz CT molecular complexity index is 367. The number of hydrogen-bond donors (Lipinski definition) is 0. The van der Waals surface area contributed by atoms with Crippen LogP contribution in [-0.4, -0.2) is 13.2 Å². The van der Waals surface area contributed by atoms with Gasteiger partial charge in [-0.3, -0.25) is 9.05 Å². The molecule has 0 aliphatic heterocycles. The van der Waals surface area contributed by atoms with Gasteiger partial charge >= 0.3 is 7.82 Å². The SMILES string of the molecule is CCCCOP(=O)(OCCC)Oc1ccccc1. The van der Waals surface area contributed by atoms with Crippen LogP contribution in [0.25, 0.3) is 0 Å². The van der Waals surface area contributed by atoms with Crippen molar-refractivity contribution in [1.82, 2.24) is 0 Å². The zero-order valence-electron chi connectivity index (χ0n) is 11.0. The second kappa shape index (κ2) is 8.30. The van der Waals surface area contributed by atoms with E-state index in [2.05, 4.69) is 0 Å². The summed E-state index contributed by atoms with van der Waals surface area (Å²) in [4.78, 5) is 0. The summed E-state index contributed by atoms with van der Waals surface area (Å²) in [5, 5.41) is 0. The number of para-hydroxylation sites is 1. The molecule has 0 saturated heterocycles. The molecule has 1 aromatic carbocycles. The van der Waals surface area contributed by atoms with Crippen LogP contribution < -0.4 is 4.52 Å². The zero-order chi connectivity index (χ0) is 13.3. The lowest BCUT2D eigenvalue weighted by Gasteiger charge is -2.18. The summed E-state index contributed by atoms with van der Waals surface area (Å²) in [6.07, 6.45) is 2.57. The molecule has 0 spiro atoms. The van der Waals surface area contributed by atoms with Gasteiger partial charge in [-0.05, 0) is 25.0 Å². The van der Waals surface area contributed by atoms with Gasteiger partial charge in [0, 0.05) is 0 Å². The normalized spacial score (nSPS) is 14.1. The van der Waals surface area contributed by atoms with Crippen molar-refractivity contribution in [3.8, 4) is 5.75 Å². The van der Waals surface area contributed by atoms with Gasteiger partial charge in [0.1, 0.15) is 5.75 Å². The summed E-state index contributed by atoms with van der Waals surface area (Å²) >= 11 is 0. The molecule has 0 aliphatic rings. The van der Waals surface area contributed by atoms with E-state index < -0.39 is 7.82 Å². The van der Waals surface area contributed by atoms with Gasteiger partial charge < -0.3 is 4.52 Å². The Morgan fingerprint density at radius 2 is 1.67 bits per heavy atom. The summed E-state index contributed by atoms with van der Waals surface area (Å²) in [7, 11) is -3.49. The first-order valence-corrected chi connectivity index (χ1v) is 7.80. The minimum atomic E-state index is -3.49. The molecule has 0 fully saturated rings. The molecule has 5 heteroatoms. The highest BCUT2D eigenvalue weighted by Gasteiger charge is 2.27. The Morgan fingerprint density at radius 3 is 2.28 bits per heavy atom. The second-order valence-electron chi connectivity index (χ2n) is 3.87. The first-order chi connectivity index (χ1) is 8.70. The van der Waals surface area contributed by atoms with Gasteiger partial charge in [-0.15, -0.1) is 0 Å². The third-order valence-corrected chi connectivity index (χ3v) is 3.59. The molecular formula is C13H21O4P. The van der Waals surface area contributed by atoms with Crippen LogP contribution in [0.5, 0.6) is 5.75 Å². The van der Waals surface area contributed by atoms with Crippen LogP contribution in [0, 0.1) is 0 Å². The van der Waals surface area contributed by atoms with E-state index in [-0.39, 0.29) is 0 Å². The Kier molecular flexibility index (Phi) is 7.02. The van der Waals surface area contributed by atoms with Crippen molar-refractivity contribution < 1.29 is 18.1 Å². The van der Waals surface area contributed by atoms with Gasteiger partial charge in [-0.25, -0.2) is 4.57 Å². The maximum absolute atomic E-state index is 12.3. The third kappa shape index (κ3) is 5.67. The van der Waals surface area contributed by atoms with Crippen molar-refractivity contribution in [3.05, 3.63) is 30.3 Å². The van der Waals surface area contributed by atoms with Gasteiger partial charge in [-0.2, -0.15) is 0 Å². The molecule has 0 radical (unpaired) electrons. The third-order valence-electron chi connectivity index (χ3n) is 2.16. The fraction of sp³-hybridized carbons (Fsp3) is 0.538. The van der Waals surface area contributed by atoms with Crippen LogP contribution in [0.15, 0.2) is 30.3 Å². The number of unbranched alkanes of at least 4 members (excludes halogenated alkanes) is 1. The summed E-state index contributed by atoms with van der Waals surface area (Å²) in [5.74, 6) is 0.494. The molecule has 0 saturated carbocycles. The summed E-state index contributed by atoms with van der Waals surface area (Å²) in [6.45, 7) is 4.72. The molecule has 0 bridgehead atoms. The van der Waals surface area contributed by atoms with Crippen molar-refractivity contribution in [1.29, 1.82) is 0 Å². The molecule has 0 N–H and O–H groups in total. The molecule has 0 aliphatic carbocycles. The molecule has 0 amide bonds. The average Bonchev–Trinajstić information content (AvgIpc) is 2.38. The van der Waals surface area contributed by atoms with Crippen LogP contribution in [-0.2, 0) is 13.6 Å². The van der Waals surface area contributed by atoms with E-state index in [1.54, 1.807) is 12.1 Å². The fourth-order valence-electron chi connectivity index (χ4n) is 1.22. The molecule has 102 valence electrons. The molecule has 1 unspecified atom stereocenters. The minimum Gasteiger partial charge on any atom is -0.404 e. The fourth-order valence-corrected chi connectivity index (χ4v) is 2.54. The van der Waals surface area contributed by atoms with E-state index in [1.165, 1.54) is 0 Å². The number of phosphoric acid groups is 1. The second-order valence-corrected chi connectivity index (χ2v) is 5.46. The van der Waals surface area contributed by atoms with Crippen LogP contribution >= 0.6 is 7.82 Å². The summed E-state index contributed by atoms with van der Waals surface area (Å²) < 4.78 is 28.2. The highest BCUT2D eigenvalue weighted by Crippen LogP contribution is 2.49. The topological polar surface area (TPSA) is 44.8 Å². The largest absolute Gasteiger partial charge is 0.530 e. The average molecular weight is 272 g/mol. The van der Waals surface area contributed by atoms with Crippen LogP contribution in [0.1, 0.15) is 33.1 Å². The Morgan fingerprint density at radius 1 is 1.00 bits per heavy atom. The number of phosphoric ester groups is 1. The van der Waals surface area contributed by atoms with E-state index >= 15 is 0 Å². The predicted octanol–water partition coefficient (Wildman–Crippen LogP) is 4.42. The maximum Gasteiger partial charge on any atom is 0.530 e. The lowest BCUT2D eigenvalue weighted by molar-refractivity contribution is 0.154. The lowest BCUT2D eigenvalue weighted by Crippen LogP contribution is -2.04. The molecule has 1 atom stereocenters. The first kappa shape index (κ1) is 15.2. The van der Waals surface area contributed by atoms with E-state index in [1.807, 2.05) is 32.0 Å². The van der Waals surface area contributed by atoms with Crippen molar-refractivity contribution >= 4 is 7.82 Å². The van der Waals surface area contributed by atoms with Crippen molar-refractivity contribution in [2.24, 2.45) is 0 Å². The highest BCUT2D eigenvalue weighted by molar-refractivity contribution is 7.48. The van der Waals surface area contributed by atoms with E-state index in [0.717, 1.165) is 19.3 Å². The monoisotopic (exact) mass is 272 g/mol. The predicted molar refractivity (Wildman–Crippen MR) is 71.8 cm³/mol. The molecule has 1 aromatic rings. The van der Waals surface area contributed by atoms with Crippen LogP contribution in [0.4, 0.5) is 0 Å². The molecule has 4 nitrogen and oxygen atoms in total. The molecule has 0 heterocycles. The van der Waals surface area contributed by atoms with Crippen molar-refractivity contribution in [3.63, 3.8) is 0 Å². The van der Waals surface area contributed by atoms with E-state index in [9.17, 15) is 4.57 Å². The summed E-state index contributed by atoms with van der Waals surface area (Å²) in [5.41, 5.74) is 0. The number of rotatable bonds is 9. The minimum absolute atomic E-state index is 0.357. The van der Waals surface area contributed by atoms with Crippen LogP contribution in [0.2, 0.25) is 0 Å². The van der Waals surface area contributed by atoms with Gasteiger partial charge in [0.05, 0.1) is 13.2 Å². The molecule has 1 rings (SSSR count). The maximum atomic E-state index is 12.3. The van der Waals surface area contributed by atoms with Gasteiger partial charge in [0.25, 0.3) is 0 Å². The number of benzene rings is 1. The smallest absolute Gasteiger partial charge is 0.404 e. The van der Waals surface area contributed by atoms with Gasteiger partial charge in [0.15, 0.2) is 0 Å². The van der Waals surface area contributed by atoms with Crippen molar-refractivity contribution in [2.45, 2.75) is 33.1 Å². The first-order valence-electron chi connectivity index (χ1n) is 6.34. The lowest BCUT2D eigenvalue weighted by atomic mass is 10.3. The Hall–Kier alpha value is -0.830. The highest BCUT2D eigenvalue weighted by atomic mass is 31.2. The van der Waals surface area contributed by atoms with Gasteiger partial charge in [0.2, 0.25) is 0 Å². The zero-order valence-corrected chi connectivity index (χ0v) is 11.9. The Balaban J connectivity index is 2.61. The van der Waals surface area contributed by atoms with E-state index in [4.69, 9.17) is 13.6 Å². The quantitative estimate of drug-likeness (QED) is 0.493. The molecular weight excluding hydrogens is 251 g/mol. The Labute approximate surface area is 109 Å². The van der Waals surface area contributed by atoms with Crippen molar-refractivity contribution in [2.75, 3.05) is 13.2 Å². The van der Waals surface area contributed by atoms with Crippen LogP contribution in [0.3, 0.4) is 0 Å². The molecule has 18 heavy (non-hydrogen) atoms. The number of hydrogen-bond acceptors (Lipinski definition) is 4. The van der Waals surface area contributed by atoms with E-state index in [0.29, 0.717) is 19.0 Å². The molecule has 0 aromatic heterocycles. The standard InChI is InChI=1S/C13H21O4P/c1-3-5-12-16-18(14,15-11-4-2)17-13-9-7-6-8-10-13/h6-10H,3-5,11-12H2,1-2H3. The summed E-state index contributed by atoms with van der Waals surface area (Å²) in [6, 6.07) is 8.94. The van der Waals surface area contributed by atoms with Gasteiger partial charge in [-0.1, -0.05) is 38.5 Å².